The van der Waals surface area contributed by atoms with E-state index in [1.165, 1.54) is 12.1 Å². The largest absolute Gasteiger partial charge is 0.416 e. The third kappa shape index (κ3) is 4.48. The third-order valence-electron chi connectivity index (χ3n) is 2.88. The van der Waals surface area contributed by atoms with Gasteiger partial charge in [-0.05, 0) is 23.8 Å². The van der Waals surface area contributed by atoms with Gasteiger partial charge in [0.25, 0.3) is 0 Å². The molecule has 22 heavy (non-hydrogen) atoms. The van der Waals surface area contributed by atoms with Gasteiger partial charge in [0, 0.05) is 12.2 Å². The molecular formula is C14H15F3N2O2S. The summed E-state index contributed by atoms with van der Waals surface area (Å²) in [7, 11) is 0. The van der Waals surface area contributed by atoms with Gasteiger partial charge in [-0.1, -0.05) is 24.2 Å². The highest BCUT2D eigenvalue weighted by Gasteiger charge is 2.30. The van der Waals surface area contributed by atoms with Crippen LogP contribution in [0.1, 0.15) is 18.4 Å². The van der Waals surface area contributed by atoms with Crippen LogP contribution in [0.5, 0.6) is 0 Å². The van der Waals surface area contributed by atoms with E-state index in [4.69, 9.17) is 9.63 Å². The molecular weight excluding hydrogens is 317 g/mol. The second-order valence-electron chi connectivity index (χ2n) is 4.89. The van der Waals surface area contributed by atoms with E-state index in [-0.39, 0.29) is 18.3 Å². The molecule has 0 bridgehead atoms. The molecule has 0 fully saturated rings. The summed E-state index contributed by atoms with van der Waals surface area (Å²) in [5, 5.41) is 12.7. The zero-order chi connectivity index (χ0) is 16.2. The number of hydrogen-bond donors (Lipinski definition) is 1. The smallest absolute Gasteiger partial charge is 0.396 e. The molecule has 120 valence electrons. The average Bonchev–Trinajstić information content (AvgIpc) is 2.95. The summed E-state index contributed by atoms with van der Waals surface area (Å²) in [5.41, 5.74) is -0.245. The molecule has 0 spiro atoms. The highest BCUT2D eigenvalue weighted by atomic mass is 32.2. The lowest BCUT2D eigenvalue weighted by atomic mass is 10.1. The molecule has 0 amide bonds. The first-order valence-corrected chi connectivity index (χ1v) is 7.74. The van der Waals surface area contributed by atoms with E-state index in [0.29, 0.717) is 17.2 Å². The van der Waals surface area contributed by atoms with E-state index >= 15 is 0 Å². The second kappa shape index (κ2) is 7.15. The Morgan fingerprint density at radius 1 is 1.27 bits per heavy atom. The second-order valence-corrected chi connectivity index (χ2v) is 5.92. The molecule has 0 aliphatic heterocycles. The first-order chi connectivity index (χ1) is 10.4. The molecule has 1 aromatic heterocycles. The van der Waals surface area contributed by atoms with Crippen molar-refractivity contribution in [1.29, 1.82) is 0 Å². The van der Waals surface area contributed by atoms with Crippen LogP contribution in [0.3, 0.4) is 0 Å². The van der Waals surface area contributed by atoms with E-state index in [0.717, 1.165) is 17.9 Å². The number of thioether (sulfide) groups is 1. The summed E-state index contributed by atoms with van der Waals surface area (Å²) < 4.78 is 42.5. The molecule has 1 heterocycles. The van der Waals surface area contributed by atoms with Crippen LogP contribution in [0.15, 0.2) is 28.8 Å². The molecule has 4 nitrogen and oxygen atoms in total. The quantitative estimate of drug-likeness (QED) is 0.875. The highest BCUT2D eigenvalue weighted by molar-refractivity contribution is 7.98. The molecule has 0 saturated carbocycles. The Morgan fingerprint density at radius 3 is 2.55 bits per heavy atom. The van der Waals surface area contributed by atoms with E-state index in [1.54, 1.807) is 11.8 Å². The van der Waals surface area contributed by atoms with Crippen molar-refractivity contribution in [2.24, 2.45) is 5.92 Å². The number of halogens is 3. The standard InChI is InChI=1S/C14H15F3N2O2S/c1-9(6-20)7-22-8-12-18-13(19-21-12)10-2-4-11(5-3-10)14(15,16)17/h2-5,9,20H,6-8H2,1H3. The van der Waals surface area contributed by atoms with Gasteiger partial charge in [0.15, 0.2) is 0 Å². The molecule has 0 radical (unpaired) electrons. The molecule has 0 saturated heterocycles. The predicted octanol–water partition coefficient (Wildman–Crippen LogP) is 3.62. The summed E-state index contributed by atoms with van der Waals surface area (Å²) >= 11 is 1.55. The van der Waals surface area contributed by atoms with Gasteiger partial charge in [0.1, 0.15) is 0 Å². The molecule has 1 atom stereocenters. The summed E-state index contributed by atoms with van der Waals surface area (Å²) in [6.45, 7) is 2.04. The molecule has 8 heteroatoms. The number of rotatable bonds is 6. The lowest BCUT2D eigenvalue weighted by Crippen LogP contribution is -2.04. The summed E-state index contributed by atoms with van der Waals surface area (Å²) in [4.78, 5) is 4.15. The van der Waals surface area contributed by atoms with Crippen molar-refractivity contribution in [3.63, 3.8) is 0 Å². The van der Waals surface area contributed by atoms with Gasteiger partial charge in [-0.15, -0.1) is 0 Å². The van der Waals surface area contributed by atoms with Crippen LogP contribution >= 0.6 is 11.8 Å². The van der Waals surface area contributed by atoms with Crippen LogP contribution in [0.25, 0.3) is 11.4 Å². The van der Waals surface area contributed by atoms with E-state index < -0.39 is 11.7 Å². The summed E-state index contributed by atoms with van der Waals surface area (Å²) in [6.07, 6.45) is -4.36. The van der Waals surface area contributed by atoms with Crippen LogP contribution < -0.4 is 0 Å². The molecule has 2 rings (SSSR count). The predicted molar refractivity (Wildman–Crippen MR) is 77.1 cm³/mol. The zero-order valence-electron chi connectivity index (χ0n) is 11.8. The minimum atomic E-state index is -4.36. The Morgan fingerprint density at radius 2 is 1.95 bits per heavy atom. The average molecular weight is 332 g/mol. The minimum absolute atomic E-state index is 0.119. The van der Waals surface area contributed by atoms with E-state index in [9.17, 15) is 13.2 Å². The van der Waals surface area contributed by atoms with Crippen molar-refractivity contribution in [2.75, 3.05) is 12.4 Å². The van der Waals surface area contributed by atoms with Crippen molar-refractivity contribution in [1.82, 2.24) is 10.1 Å². The molecule has 1 N–H and O–H groups in total. The Bertz CT molecular complexity index is 599. The summed E-state index contributed by atoms with van der Waals surface area (Å²) in [5.74, 6) is 2.11. The minimum Gasteiger partial charge on any atom is -0.396 e. The third-order valence-corrected chi connectivity index (χ3v) is 4.13. The lowest BCUT2D eigenvalue weighted by Gasteiger charge is -2.05. The lowest BCUT2D eigenvalue weighted by molar-refractivity contribution is -0.137. The van der Waals surface area contributed by atoms with Crippen LogP contribution in [-0.4, -0.2) is 27.6 Å². The number of aromatic nitrogens is 2. The van der Waals surface area contributed by atoms with Crippen molar-refractivity contribution in [3.05, 3.63) is 35.7 Å². The Kier molecular flexibility index (Phi) is 5.47. The van der Waals surface area contributed by atoms with Gasteiger partial charge in [0.05, 0.1) is 11.3 Å². The van der Waals surface area contributed by atoms with Gasteiger partial charge in [-0.2, -0.15) is 29.9 Å². The summed E-state index contributed by atoms with van der Waals surface area (Å²) in [6, 6.07) is 4.61. The fourth-order valence-electron chi connectivity index (χ4n) is 1.64. The maximum atomic E-state index is 12.5. The van der Waals surface area contributed by atoms with Gasteiger partial charge < -0.3 is 9.63 Å². The van der Waals surface area contributed by atoms with Crippen molar-refractivity contribution >= 4 is 11.8 Å². The number of nitrogens with zero attached hydrogens (tertiary/aromatic N) is 2. The molecule has 1 unspecified atom stereocenters. The Balaban J connectivity index is 1.99. The molecule has 0 aliphatic carbocycles. The number of alkyl halides is 3. The topological polar surface area (TPSA) is 59.2 Å². The fraction of sp³-hybridized carbons (Fsp3) is 0.429. The van der Waals surface area contributed by atoms with Crippen LogP contribution in [0, 0.1) is 5.92 Å². The van der Waals surface area contributed by atoms with Crippen molar-refractivity contribution in [3.8, 4) is 11.4 Å². The fourth-order valence-corrected chi connectivity index (χ4v) is 2.56. The van der Waals surface area contributed by atoms with Crippen LogP contribution in [0.2, 0.25) is 0 Å². The number of aliphatic hydroxyl groups excluding tert-OH is 1. The maximum Gasteiger partial charge on any atom is 0.416 e. The number of hydrogen-bond acceptors (Lipinski definition) is 5. The molecule has 2 aromatic rings. The number of benzene rings is 1. The van der Waals surface area contributed by atoms with Gasteiger partial charge in [0.2, 0.25) is 11.7 Å². The first kappa shape index (κ1) is 16.8. The van der Waals surface area contributed by atoms with Gasteiger partial charge in [-0.25, -0.2) is 0 Å². The SMILES string of the molecule is CC(CO)CSCc1nc(-c2ccc(C(F)(F)F)cc2)no1. The maximum absolute atomic E-state index is 12.5. The van der Waals surface area contributed by atoms with E-state index in [1.807, 2.05) is 6.92 Å². The highest BCUT2D eigenvalue weighted by Crippen LogP contribution is 2.30. The molecule has 1 aromatic carbocycles. The van der Waals surface area contributed by atoms with Crippen molar-refractivity contribution < 1.29 is 22.8 Å². The van der Waals surface area contributed by atoms with Gasteiger partial charge in [-0.3, -0.25) is 0 Å². The molecule has 0 aliphatic rings. The first-order valence-electron chi connectivity index (χ1n) is 6.59. The Labute approximate surface area is 129 Å². The monoisotopic (exact) mass is 332 g/mol. The van der Waals surface area contributed by atoms with Gasteiger partial charge >= 0.3 is 6.18 Å². The zero-order valence-corrected chi connectivity index (χ0v) is 12.6. The Hall–Kier alpha value is -1.54. The van der Waals surface area contributed by atoms with Crippen LogP contribution in [-0.2, 0) is 11.9 Å². The van der Waals surface area contributed by atoms with E-state index in [2.05, 4.69) is 10.1 Å². The normalized spacial score (nSPS) is 13.3. The van der Waals surface area contributed by atoms with Crippen molar-refractivity contribution in [2.45, 2.75) is 18.9 Å². The number of aliphatic hydroxyl groups is 1. The van der Waals surface area contributed by atoms with Crippen LogP contribution in [0.4, 0.5) is 13.2 Å².